The number of aryl methyl sites for hydroxylation is 2. The Hall–Kier alpha value is -2.19. The molecule has 1 aromatic carbocycles. The summed E-state index contributed by atoms with van der Waals surface area (Å²) in [4.78, 5) is 11.6. The first-order chi connectivity index (χ1) is 12.4. The van der Waals surface area contributed by atoms with Crippen molar-refractivity contribution in [3.05, 3.63) is 47.7 Å². The molecule has 1 saturated heterocycles. The zero-order valence-electron chi connectivity index (χ0n) is 14.7. The molecule has 1 aliphatic rings. The molecule has 1 N–H and O–H groups in total. The Balaban J connectivity index is 1.86. The van der Waals surface area contributed by atoms with E-state index in [0.717, 1.165) is 18.4 Å². The number of carboxylic acids is 1. The fraction of sp³-hybridized carbons (Fsp3) is 0.444. The molecule has 1 aromatic heterocycles. The van der Waals surface area contributed by atoms with Crippen molar-refractivity contribution in [1.29, 1.82) is 0 Å². The lowest BCUT2D eigenvalue weighted by atomic mass is 10.0. The number of aromatic carboxylic acids is 1. The standard InChI is InChI=1S/C18H23N3O4S/c1-14-6-5-10-21(12-14)26(24,25)17-16(18(22)23)13-20(19-17)11-9-15-7-3-2-4-8-15/h2-4,7-8,13-14H,5-6,9-12H2,1H3,(H,22,23)/t14-/m0/s1. The van der Waals surface area contributed by atoms with E-state index in [2.05, 4.69) is 5.10 Å². The average molecular weight is 377 g/mol. The Morgan fingerprint density at radius 1 is 1.31 bits per heavy atom. The summed E-state index contributed by atoms with van der Waals surface area (Å²) < 4.78 is 28.6. The number of benzene rings is 1. The molecule has 2 aromatic rings. The first kappa shape index (κ1) is 18.6. The van der Waals surface area contributed by atoms with Crippen molar-refractivity contribution in [1.82, 2.24) is 14.1 Å². The van der Waals surface area contributed by atoms with E-state index in [1.54, 1.807) is 0 Å². The zero-order chi connectivity index (χ0) is 18.7. The summed E-state index contributed by atoms with van der Waals surface area (Å²) in [5.74, 6) is -1.02. The van der Waals surface area contributed by atoms with Crippen molar-refractivity contribution in [2.45, 2.75) is 37.8 Å². The van der Waals surface area contributed by atoms with Crippen molar-refractivity contribution in [2.75, 3.05) is 13.1 Å². The normalized spacial score (nSPS) is 18.7. The van der Waals surface area contributed by atoms with Crippen LogP contribution >= 0.6 is 0 Å². The van der Waals surface area contributed by atoms with E-state index in [9.17, 15) is 18.3 Å². The number of nitrogens with zero attached hydrogens (tertiary/aromatic N) is 3. The molecule has 7 nitrogen and oxygen atoms in total. The molecule has 0 saturated carbocycles. The lowest BCUT2D eigenvalue weighted by Gasteiger charge is -2.29. The second kappa shape index (κ2) is 7.59. The molecule has 0 unspecified atom stereocenters. The van der Waals surface area contributed by atoms with Gasteiger partial charge in [0.2, 0.25) is 5.03 Å². The number of carbonyl (C=O) groups is 1. The van der Waals surface area contributed by atoms with E-state index in [0.29, 0.717) is 26.1 Å². The average Bonchev–Trinajstić information content (AvgIpc) is 3.06. The van der Waals surface area contributed by atoms with Crippen LogP contribution in [0.2, 0.25) is 0 Å². The third kappa shape index (κ3) is 3.96. The van der Waals surface area contributed by atoms with Gasteiger partial charge in [-0.3, -0.25) is 4.68 Å². The van der Waals surface area contributed by atoms with Gasteiger partial charge in [-0.25, -0.2) is 13.2 Å². The van der Waals surface area contributed by atoms with E-state index in [-0.39, 0.29) is 16.5 Å². The van der Waals surface area contributed by atoms with Crippen molar-refractivity contribution >= 4 is 16.0 Å². The van der Waals surface area contributed by atoms with Gasteiger partial charge in [0.05, 0.1) is 0 Å². The van der Waals surface area contributed by atoms with Gasteiger partial charge < -0.3 is 5.11 Å². The van der Waals surface area contributed by atoms with Crippen LogP contribution in [0, 0.1) is 5.92 Å². The van der Waals surface area contributed by atoms with Gasteiger partial charge in [0.1, 0.15) is 5.56 Å². The Labute approximate surface area is 153 Å². The molecule has 0 aliphatic carbocycles. The third-order valence-corrected chi connectivity index (χ3v) is 6.44. The summed E-state index contributed by atoms with van der Waals surface area (Å²) in [6, 6.07) is 9.70. The highest BCUT2D eigenvalue weighted by Gasteiger charge is 2.34. The molecule has 0 bridgehead atoms. The van der Waals surface area contributed by atoms with Crippen LogP contribution in [-0.2, 0) is 23.0 Å². The van der Waals surface area contributed by atoms with E-state index < -0.39 is 16.0 Å². The van der Waals surface area contributed by atoms with Crippen LogP contribution in [0.5, 0.6) is 0 Å². The highest BCUT2D eigenvalue weighted by atomic mass is 32.2. The van der Waals surface area contributed by atoms with E-state index in [4.69, 9.17) is 0 Å². The molecule has 3 rings (SSSR count). The first-order valence-corrected chi connectivity index (χ1v) is 10.2. The van der Waals surface area contributed by atoms with Gasteiger partial charge in [-0.2, -0.15) is 9.40 Å². The minimum atomic E-state index is -3.91. The maximum atomic E-state index is 12.9. The summed E-state index contributed by atoms with van der Waals surface area (Å²) in [6.45, 7) is 3.22. The highest BCUT2D eigenvalue weighted by molar-refractivity contribution is 7.89. The Bertz CT molecular complexity index is 877. The molecule has 0 spiro atoms. The van der Waals surface area contributed by atoms with Crippen LogP contribution < -0.4 is 0 Å². The number of sulfonamides is 1. The van der Waals surface area contributed by atoms with E-state index >= 15 is 0 Å². The van der Waals surface area contributed by atoms with Crippen molar-refractivity contribution in [3.8, 4) is 0 Å². The number of carboxylic acid groups (broad SMARTS) is 1. The predicted molar refractivity (Wildman–Crippen MR) is 96.5 cm³/mol. The summed E-state index contributed by atoms with van der Waals surface area (Å²) in [5, 5.41) is 13.2. The van der Waals surface area contributed by atoms with Crippen LogP contribution in [0.15, 0.2) is 41.6 Å². The SMILES string of the molecule is C[C@H]1CCCN(S(=O)(=O)c2nn(CCc3ccccc3)cc2C(=O)O)C1. The largest absolute Gasteiger partial charge is 0.478 e. The Morgan fingerprint density at radius 3 is 2.69 bits per heavy atom. The van der Waals surface area contributed by atoms with Crippen LogP contribution in [-0.4, -0.2) is 46.7 Å². The maximum absolute atomic E-state index is 12.9. The van der Waals surface area contributed by atoms with Crippen LogP contribution in [0.3, 0.4) is 0 Å². The van der Waals surface area contributed by atoms with E-state index in [1.165, 1.54) is 15.2 Å². The molecule has 1 aliphatic heterocycles. The van der Waals surface area contributed by atoms with Gasteiger partial charge in [-0.15, -0.1) is 0 Å². The highest BCUT2D eigenvalue weighted by Crippen LogP contribution is 2.25. The second-order valence-electron chi connectivity index (χ2n) is 6.76. The van der Waals surface area contributed by atoms with Gasteiger partial charge in [0.25, 0.3) is 10.0 Å². The van der Waals surface area contributed by atoms with Crippen molar-refractivity contribution < 1.29 is 18.3 Å². The minimum Gasteiger partial charge on any atom is -0.478 e. The van der Waals surface area contributed by atoms with Crippen LogP contribution in [0.4, 0.5) is 0 Å². The monoisotopic (exact) mass is 377 g/mol. The number of hydrogen-bond donors (Lipinski definition) is 1. The molecular weight excluding hydrogens is 354 g/mol. The molecule has 0 radical (unpaired) electrons. The summed E-state index contributed by atoms with van der Waals surface area (Å²) in [6.07, 6.45) is 3.70. The van der Waals surface area contributed by atoms with Gasteiger partial charge in [-0.05, 0) is 30.7 Å². The third-order valence-electron chi connectivity index (χ3n) is 4.63. The number of hydrogen-bond acceptors (Lipinski definition) is 4. The zero-order valence-corrected chi connectivity index (χ0v) is 15.5. The molecule has 8 heteroatoms. The fourth-order valence-corrected chi connectivity index (χ4v) is 4.92. The van der Waals surface area contributed by atoms with Gasteiger partial charge in [0, 0.05) is 25.8 Å². The smallest absolute Gasteiger partial charge is 0.340 e. The van der Waals surface area contributed by atoms with Crippen LogP contribution in [0.1, 0.15) is 35.7 Å². The Morgan fingerprint density at radius 2 is 2.04 bits per heavy atom. The lowest BCUT2D eigenvalue weighted by molar-refractivity contribution is 0.0692. The summed E-state index contributed by atoms with van der Waals surface area (Å²) >= 11 is 0. The van der Waals surface area contributed by atoms with Crippen molar-refractivity contribution in [3.63, 3.8) is 0 Å². The summed E-state index contributed by atoms with van der Waals surface area (Å²) in [5.41, 5.74) is 0.811. The molecular formula is C18H23N3O4S. The quantitative estimate of drug-likeness (QED) is 0.833. The van der Waals surface area contributed by atoms with Gasteiger partial charge in [0.15, 0.2) is 0 Å². The molecule has 1 atom stereocenters. The Kier molecular flexibility index (Phi) is 5.43. The number of rotatable bonds is 6. The lowest BCUT2D eigenvalue weighted by Crippen LogP contribution is -2.39. The predicted octanol–water partition coefficient (Wildman–Crippen LogP) is 2.24. The fourth-order valence-electron chi connectivity index (χ4n) is 3.23. The maximum Gasteiger partial charge on any atom is 0.340 e. The molecule has 2 heterocycles. The van der Waals surface area contributed by atoms with Crippen LogP contribution in [0.25, 0.3) is 0 Å². The topological polar surface area (TPSA) is 92.5 Å². The van der Waals surface area contributed by atoms with Gasteiger partial charge >= 0.3 is 5.97 Å². The molecule has 140 valence electrons. The van der Waals surface area contributed by atoms with Crippen molar-refractivity contribution in [2.24, 2.45) is 5.92 Å². The summed E-state index contributed by atoms with van der Waals surface area (Å²) in [7, 11) is -3.91. The van der Waals surface area contributed by atoms with E-state index in [1.807, 2.05) is 37.3 Å². The number of piperidine rings is 1. The van der Waals surface area contributed by atoms with Gasteiger partial charge in [-0.1, -0.05) is 37.3 Å². The molecule has 26 heavy (non-hydrogen) atoms. The molecule has 1 fully saturated rings. The molecule has 0 amide bonds. The minimum absolute atomic E-state index is 0.256. The number of aromatic nitrogens is 2. The second-order valence-corrected chi connectivity index (χ2v) is 8.62. The first-order valence-electron chi connectivity index (χ1n) is 8.73.